The van der Waals surface area contributed by atoms with E-state index in [1.807, 2.05) is 0 Å². The van der Waals surface area contributed by atoms with Gasteiger partial charge in [0.05, 0.1) is 5.69 Å². The van der Waals surface area contributed by atoms with Crippen LogP contribution < -0.4 is 4.90 Å². The van der Waals surface area contributed by atoms with Gasteiger partial charge in [-0.2, -0.15) is 0 Å². The van der Waals surface area contributed by atoms with Crippen LogP contribution in [0.25, 0.3) is 65.7 Å². The van der Waals surface area contributed by atoms with Crippen molar-refractivity contribution >= 4 is 49.4 Å². The second-order valence-corrected chi connectivity index (χ2v) is 16.6. The smallest absolute Gasteiger partial charge is 0.0546 e. The van der Waals surface area contributed by atoms with Gasteiger partial charge in [-0.3, -0.25) is 0 Å². The van der Waals surface area contributed by atoms with Crippen molar-refractivity contribution < 1.29 is 0 Å². The Bertz CT molecular complexity index is 3050. The molecule has 0 radical (unpaired) electrons. The molecule has 0 aromatic heterocycles. The van der Waals surface area contributed by atoms with Crippen molar-refractivity contribution in [1.29, 1.82) is 0 Å². The third-order valence-corrected chi connectivity index (χ3v) is 12.8. The summed E-state index contributed by atoms with van der Waals surface area (Å²) in [6.45, 7) is 9.45. The fraction of sp³-hybridized carbons (Fsp3) is 0.111. The Morgan fingerprint density at radius 3 is 1.56 bits per heavy atom. The van der Waals surface area contributed by atoms with Crippen molar-refractivity contribution in [2.45, 2.75) is 38.5 Å². The number of hydrogen-bond acceptors (Lipinski definition) is 1. The summed E-state index contributed by atoms with van der Waals surface area (Å²) in [6.07, 6.45) is 0. The Kier molecular flexibility index (Phi) is 6.72. The fourth-order valence-corrected chi connectivity index (χ4v) is 9.91. The molecular formula is C54H41N. The van der Waals surface area contributed by atoms with Gasteiger partial charge in [-0.25, -0.2) is 0 Å². The Balaban J connectivity index is 1.07. The molecule has 11 rings (SSSR count). The van der Waals surface area contributed by atoms with Crippen molar-refractivity contribution in [3.63, 3.8) is 0 Å². The van der Waals surface area contributed by atoms with E-state index >= 15 is 0 Å². The van der Waals surface area contributed by atoms with Gasteiger partial charge in [0.1, 0.15) is 0 Å². The number of anilines is 3. The van der Waals surface area contributed by atoms with Gasteiger partial charge in [0.25, 0.3) is 0 Å². The first-order valence-corrected chi connectivity index (χ1v) is 19.5. The molecule has 1 heteroatoms. The lowest BCUT2D eigenvalue weighted by Crippen LogP contribution is -2.16. The highest BCUT2D eigenvalue weighted by atomic mass is 15.1. The van der Waals surface area contributed by atoms with Crippen LogP contribution in [-0.4, -0.2) is 0 Å². The maximum Gasteiger partial charge on any atom is 0.0546 e. The summed E-state index contributed by atoms with van der Waals surface area (Å²) >= 11 is 0. The van der Waals surface area contributed by atoms with Crippen LogP contribution in [0, 0.1) is 0 Å². The normalized spacial score (nSPS) is 14.5. The van der Waals surface area contributed by atoms with Crippen molar-refractivity contribution in [3.05, 3.63) is 198 Å². The van der Waals surface area contributed by atoms with Crippen LogP contribution in [0.1, 0.15) is 49.9 Å². The van der Waals surface area contributed by atoms with Crippen LogP contribution in [0.4, 0.5) is 17.1 Å². The Morgan fingerprint density at radius 2 is 0.818 bits per heavy atom. The van der Waals surface area contributed by atoms with E-state index in [1.165, 1.54) is 93.6 Å². The standard InChI is InChI=1S/C54H41N/c1-53(2)48-19-11-9-16-43(48)45-27-24-37(31-50(45)53)34-21-22-36-30-39(25-23-35(36)29-34)55(52-32-38-13-5-6-14-41(38)42-15-7-8-18-47(42)52)40-26-28-46-44-17-10-12-20-49(44)54(3,4)51(46)33-40/h5-33H,1-4H3. The summed E-state index contributed by atoms with van der Waals surface area (Å²) in [5, 5.41) is 7.47. The maximum atomic E-state index is 2.49. The van der Waals surface area contributed by atoms with Crippen LogP contribution >= 0.6 is 0 Å². The number of nitrogens with zero attached hydrogens (tertiary/aromatic N) is 1. The van der Waals surface area contributed by atoms with Crippen molar-refractivity contribution in [2.75, 3.05) is 4.90 Å². The van der Waals surface area contributed by atoms with E-state index in [0.717, 1.165) is 11.4 Å². The average molecular weight is 704 g/mol. The quantitative estimate of drug-likeness (QED) is 0.165. The second-order valence-electron chi connectivity index (χ2n) is 16.6. The van der Waals surface area contributed by atoms with Crippen LogP contribution in [0.15, 0.2) is 176 Å². The first kappa shape index (κ1) is 32.0. The predicted octanol–water partition coefficient (Wildman–Crippen LogP) is 14.9. The largest absolute Gasteiger partial charge is 0.310 e. The van der Waals surface area contributed by atoms with E-state index < -0.39 is 0 Å². The molecule has 2 aliphatic carbocycles. The van der Waals surface area contributed by atoms with Crippen molar-refractivity contribution in [1.82, 2.24) is 0 Å². The summed E-state index contributed by atoms with van der Waals surface area (Å²) in [7, 11) is 0. The summed E-state index contributed by atoms with van der Waals surface area (Å²) in [5.74, 6) is 0. The molecule has 2 aliphatic rings. The van der Waals surface area contributed by atoms with E-state index in [1.54, 1.807) is 0 Å². The molecule has 0 heterocycles. The fourth-order valence-electron chi connectivity index (χ4n) is 9.91. The van der Waals surface area contributed by atoms with E-state index in [4.69, 9.17) is 0 Å². The lowest BCUT2D eigenvalue weighted by Gasteiger charge is -2.30. The summed E-state index contributed by atoms with van der Waals surface area (Å²) < 4.78 is 0. The zero-order chi connectivity index (χ0) is 37.1. The molecule has 0 aliphatic heterocycles. The molecule has 0 N–H and O–H groups in total. The molecule has 55 heavy (non-hydrogen) atoms. The van der Waals surface area contributed by atoms with Crippen LogP contribution in [0.5, 0.6) is 0 Å². The monoisotopic (exact) mass is 703 g/mol. The third kappa shape index (κ3) is 4.66. The topological polar surface area (TPSA) is 3.24 Å². The second kappa shape index (κ2) is 11.5. The average Bonchev–Trinajstić information content (AvgIpc) is 3.60. The number of rotatable bonds is 4. The van der Waals surface area contributed by atoms with E-state index in [-0.39, 0.29) is 10.8 Å². The molecule has 0 fully saturated rings. The highest BCUT2D eigenvalue weighted by Gasteiger charge is 2.37. The van der Waals surface area contributed by atoms with Gasteiger partial charge < -0.3 is 4.90 Å². The van der Waals surface area contributed by atoms with Crippen LogP contribution in [0.3, 0.4) is 0 Å². The summed E-state index contributed by atoms with van der Waals surface area (Å²) in [4.78, 5) is 2.49. The minimum Gasteiger partial charge on any atom is -0.310 e. The Hall–Kier alpha value is -6.44. The van der Waals surface area contributed by atoms with Gasteiger partial charge in [0.15, 0.2) is 0 Å². The van der Waals surface area contributed by atoms with Crippen LogP contribution in [0.2, 0.25) is 0 Å². The SMILES string of the molecule is CC1(C)c2ccccc2-c2ccc(-c3ccc4cc(N(c5ccc6c(c5)C(C)(C)c5ccccc5-6)c5cc6ccccc6c6ccccc56)ccc4c3)cc21. The van der Waals surface area contributed by atoms with Gasteiger partial charge in [0, 0.05) is 27.6 Å². The van der Waals surface area contributed by atoms with Crippen LogP contribution in [-0.2, 0) is 10.8 Å². The molecular weight excluding hydrogens is 663 g/mol. The van der Waals surface area contributed by atoms with Gasteiger partial charge in [0.2, 0.25) is 0 Å². The summed E-state index contributed by atoms with van der Waals surface area (Å²) in [6, 6.07) is 65.9. The molecule has 9 aromatic rings. The Morgan fingerprint density at radius 1 is 0.327 bits per heavy atom. The predicted molar refractivity (Wildman–Crippen MR) is 234 cm³/mol. The van der Waals surface area contributed by atoms with Gasteiger partial charge in [-0.1, -0.05) is 161 Å². The lowest BCUT2D eigenvalue weighted by molar-refractivity contribution is 0.660. The molecule has 0 amide bonds. The van der Waals surface area contributed by atoms with Gasteiger partial charge >= 0.3 is 0 Å². The molecule has 1 nitrogen and oxygen atoms in total. The highest BCUT2D eigenvalue weighted by molar-refractivity contribution is 6.15. The molecule has 0 spiro atoms. The third-order valence-electron chi connectivity index (χ3n) is 12.8. The molecule has 0 unspecified atom stereocenters. The zero-order valence-corrected chi connectivity index (χ0v) is 31.7. The molecule has 262 valence electrons. The van der Waals surface area contributed by atoms with Gasteiger partial charge in [-0.05, 0) is 125 Å². The first-order chi connectivity index (χ1) is 26.8. The Labute approximate surface area is 323 Å². The molecule has 0 saturated heterocycles. The molecule has 0 bridgehead atoms. The van der Waals surface area contributed by atoms with Crippen molar-refractivity contribution in [2.24, 2.45) is 0 Å². The highest BCUT2D eigenvalue weighted by Crippen LogP contribution is 2.52. The van der Waals surface area contributed by atoms with E-state index in [2.05, 4.69) is 209 Å². The molecule has 0 atom stereocenters. The van der Waals surface area contributed by atoms with E-state index in [0.29, 0.717) is 0 Å². The minimum absolute atomic E-state index is 0.0281. The minimum atomic E-state index is -0.103. The van der Waals surface area contributed by atoms with E-state index in [9.17, 15) is 0 Å². The first-order valence-electron chi connectivity index (χ1n) is 19.5. The zero-order valence-electron chi connectivity index (χ0n) is 31.7. The number of hydrogen-bond donors (Lipinski definition) is 0. The number of fused-ring (bicyclic) bond motifs is 10. The molecule has 0 saturated carbocycles. The maximum absolute atomic E-state index is 2.49. The van der Waals surface area contributed by atoms with Crippen molar-refractivity contribution in [3.8, 4) is 33.4 Å². The molecule has 9 aromatic carbocycles. The summed E-state index contributed by atoms with van der Waals surface area (Å²) in [5.41, 5.74) is 16.8. The number of benzene rings is 9. The van der Waals surface area contributed by atoms with Gasteiger partial charge in [-0.15, -0.1) is 0 Å². The lowest BCUT2D eigenvalue weighted by atomic mass is 9.81.